The number of nitriles is 1. The Hall–Kier alpha value is -0.510. The Balaban J connectivity index is 1.97. The van der Waals surface area contributed by atoms with Crippen LogP contribution in [0.4, 0.5) is 0 Å². The minimum absolute atomic E-state index is 0.624. The molecule has 0 spiro atoms. The lowest BCUT2D eigenvalue weighted by Gasteiger charge is -2.32. The molecule has 1 nitrogen and oxygen atoms in total. The van der Waals surface area contributed by atoms with E-state index in [2.05, 4.69) is 6.07 Å². The van der Waals surface area contributed by atoms with E-state index in [1.54, 1.807) is 0 Å². The SMILES string of the molecule is N#CCCC12CCCC(CC1)C2. The van der Waals surface area contributed by atoms with Crippen molar-refractivity contribution in [2.24, 2.45) is 11.3 Å². The van der Waals surface area contributed by atoms with Crippen molar-refractivity contribution in [3.05, 3.63) is 0 Å². The summed E-state index contributed by atoms with van der Waals surface area (Å²) in [6.07, 6.45) is 10.6. The molecule has 0 aromatic carbocycles. The second-order valence-electron chi connectivity index (χ2n) is 4.66. The van der Waals surface area contributed by atoms with Crippen LogP contribution in [0.2, 0.25) is 0 Å². The quantitative estimate of drug-likeness (QED) is 0.613. The van der Waals surface area contributed by atoms with Crippen molar-refractivity contribution in [3.63, 3.8) is 0 Å². The summed E-state index contributed by atoms with van der Waals surface area (Å²) in [6.45, 7) is 0. The van der Waals surface area contributed by atoms with Crippen LogP contribution in [0, 0.1) is 22.7 Å². The predicted molar refractivity (Wildman–Crippen MR) is 48.5 cm³/mol. The third-order valence-electron chi connectivity index (χ3n) is 3.89. The Kier molecular flexibility index (Phi) is 2.09. The molecule has 2 atom stereocenters. The average molecular weight is 163 g/mol. The minimum Gasteiger partial charge on any atom is -0.198 e. The molecule has 1 heteroatoms. The molecule has 2 unspecified atom stereocenters. The molecule has 12 heavy (non-hydrogen) atoms. The number of nitrogens with zero attached hydrogens (tertiary/aromatic N) is 1. The maximum Gasteiger partial charge on any atom is 0.0621 e. The fraction of sp³-hybridized carbons (Fsp3) is 0.909. The van der Waals surface area contributed by atoms with E-state index >= 15 is 0 Å². The lowest BCUT2D eigenvalue weighted by molar-refractivity contribution is 0.196. The minimum atomic E-state index is 0.624. The molecule has 0 amide bonds. The second kappa shape index (κ2) is 3.09. The smallest absolute Gasteiger partial charge is 0.0621 e. The maximum atomic E-state index is 8.57. The monoisotopic (exact) mass is 163 g/mol. The van der Waals surface area contributed by atoms with Gasteiger partial charge in [0.05, 0.1) is 6.07 Å². The van der Waals surface area contributed by atoms with Gasteiger partial charge in [0.15, 0.2) is 0 Å². The largest absolute Gasteiger partial charge is 0.198 e. The van der Waals surface area contributed by atoms with Crippen LogP contribution in [0.15, 0.2) is 0 Å². The standard InChI is InChI=1S/C11H17N/c12-8-2-6-11-5-1-3-10(9-11)4-7-11/h10H,1-7,9H2. The van der Waals surface area contributed by atoms with Crippen LogP contribution in [0.3, 0.4) is 0 Å². The molecule has 2 aliphatic carbocycles. The summed E-state index contributed by atoms with van der Waals surface area (Å²) in [5, 5.41) is 8.57. The van der Waals surface area contributed by atoms with Crippen LogP contribution in [-0.2, 0) is 0 Å². The third kappa shape index (κ3) is 1.35. The van der Waals surface area contributed by atoms with E-state index < -0.39 is 0 Å². The number of rotatable bonds is 2. The van der Waals surface area contributed by atoms with E-state index in [0.29, 0.717) is 5.41 Å². The number of hydrogen-bond donors (Lipinski definition) is 0. The van der Waals surface area contributed by atoms with Gasteiger partial charge in [0.25, 0.3) is 0 Å². The highest BCUT2D eigenvalue weighted by Gasteiger charge is 2.40. The number of fused-ring (bicyclic) bond motifs is 2. The van der Waals surface area contributed by atoms with Crippen molar-refractivity contribution >= 4 is 0 Å². The van der Waals surface area contributed by atoms with E-state index in [-0.39, 0.29) is 0 Å². The van der Waals surface area contributed by atoms with Crippen LogP contribution < -0.4 is 0 Å². The first kappa shape index (κ1) is 8.10. The first-order chi connectivity index (χ1) is 5.85. The topological polar surface area (TPSA) is 23.8 Å². The summed E-state index contributed by atoms with van der Waals surface area (Å²) < 4.78 is 0. The Morgan fingerprint density at radius 1 is 1.33 bits per heavy atom. The van der Waals surface area contributed by atoms with Crippen molar-refractivity contribution in [1.82, 2.24) is 0 Å². The van der Waals surface area contributed by atoms with E-state index in [4.69, 9.17) is 5.26 Å². The van der Waals surface area contributed by atoms with Gasteiger partial charge < -0.3 is 0 Å². The van der Waals surface area contributed by atoms with Gasteiger partial charge in [-0.2, -0.15) is 5.26 Å². The first-order valence-corrected chi connectivity index (χ1v) is 5.22. The van der Waals surface area contributed by atoms with Gasteiger partial charge in [-0.05, 0) is 43.4 Å². The van der Waals surface area contributed by atoms with Gasteiger partial charge in [-0.25, -0.2) is 0 Å². The molecule has 66 valence electrons. The summed E-state index contributed by atoms with van der Waals surface area (Å²) >= 11 is 0. The summed E-state index contributed by atoms with van der Waals surface area (Å²) in [5.41, 5.74) is 0.624. The fourth-order valence-electron chi connectivity index (χ4n) is 3.24. The Morgan fingerprint density at radius 3 is 3.08 bits per heavy atom. The molecule has 0 aromatic rings. The first-order valence-electron chi connectivity index (χ1n) is 5.22. The summed E-state index contributed by atoms with van der Waals surface area (Å²) in [7, 11) is 0. The van der Waals surface area contributed by atoms with Gasteiger partial charge in [-0.3, -0.25) is 0 Å². The van der Waals surface area contributed by atoms with Gasteiger partial charge >= 0.3 is 0 Å². The highest BCUT2D eigenvalue weighted by molar-refractivity contribution is 4.94. The molecular formula is C11H17N. The molecule has 2 bridgehead atoms. The molecule has 2 fully saturated rings. The second-order valence-corrected chi connectivity index (χ2v) is 4.66. The highest BCUT2D eigenvalue weighted by Crippen LogP contribution is 2.53. The van der Waals surface area contributed by atoms with Gasteiger partial charge in [-0.1, -0.05) is 12.8 Å². The van der Waals surface area contributed by atoms with E-state index in [1.165, 1.54) is 44.9 Å². The van der Waals surface area contributed by atoms with Crippen LogP contribution in [0.25, 0.3) is 0 Å². The Labute approximate surface area is 74.8 Å². The Bertz CT molecular complexity index is 200. The van der Waals surface area contributed by atoms with E-state index in [1.807, 2.05) is 0 Å². The highest BCUT2D eigenvalue weighted by atomic mass is 14.5. The molecule has 2 aliphatic rings. The fourth-order valence-corrected chi connectivity index (χ4v) is 3.24. The summed E-state index contributed by atoms with van der Waals surface area (Å²) in [5.74, 6) is 1.03. The summed E-state index contributed by atoms with van der Waals surface area (Å²) in [4.78, 5) is 0. The van der Waals surface area contributed by atoms with Gasteiger partial charge in [-0.15, -0.1) is 0 Å². The van der Waals surface area contributed by atoms with Gasteiger partial charge in [0.1, 0.15) is 0 Å². The molecule has 0 radical (unpaired) electrons. The van der Waals surface area contributed by atoms with Crippen LogP contribution in [0.1, 0.15) is 51.4 Å². The van der Waals surface area contributed by atoms with Crippen LogP contribution in [-0.4, -0.2) is 0 Å². The predicted octanol–water partition coefficient (Wildman–Crippen LogP) is 3.26. The van der Waals surface area contributed by atoms with Crippen LogP contribution in [0.5, 0.6) is 0 Å². The normalized spacial score (nSPS) is 39.4. The molecular weight excluding hydrogens is 146 g/mol. The zero-order valence-corrected chi connectivity index (χ0v) is 7.68. The van der Waals surface area contributed by atoms with Crippen molar-refractivity contribution in [1.29, 1.82) is 5.26 Å². The lowest BCUT2D eigenvalue weighted by atomic mass is 9.73. The molecule has 2 rings (SSSR count). The molecule has 0 saturated heterocycles. The third-order valence-corrected chi connectivity index (χ3v) is 3.89. The number of hydrogen-bond acceptors (Lipinski definition) is 1. The van der Waals surface area contributed by atoms with Crippen molar-refractivity contribution < 1.29 is 0 Å². The molecule has 2 saturated carbocycles. The average Bonchev–Trinajstić information content (AvgIpc) is 2.40. The van der Waals surface area contributed by atoms with E-state index in [0.717, 1.165) is 12.3 Å². The maximum absolute atomic E-state index is 8.57. The summed E-state index contributed by atoms with van der Waals surface area (Å²) in [6, 6.07) is 2.29. The van der Waals surface area contributed by atoms with Crippen molar-refractivity contribution in [2.75, 3.05) is 0 Å². The van der Waals surface area contributed by atoms with Crippen molar-refractivity contribution in [3.8, 4) is 6.07 Å². The van der Waals surface area contributed by atoms with E-state index in [9.17, 15) is 0 Å². The molecule has 0 N–H and O–H groups in total. The Morgan fingerprint density at radius 2 is 2.25 bits per heavy atom. The van der Waals surface area contributed by atoms with Gasteiger partial charge in [0, 0.05) is 6.42 Å². The van der Waals surface area contributed by atoms with Gasteiger partial charge in [0.2, 0.25) is 0 Å². The lowest BCUT2D eigenvalue weighted by Crippen LogP contribution is -2.20. The molecule has 0 aliphatic heterocycles. The molecule has 0 heterocycles. The zero-order chi connectivity index (χ0) is 8.44. The van der Waals surface area contributed by atoms with Crippen LogP contribution >= 0.6 is 0 Å². The zero-order valence-electron chi connectivity index (χ0n) is 7.68. The molecule has 0 aromatic heterocycles. The van der Waals surface area contributed by atoms with Crippen molar-refractivity contribution in [2.45, 2.75) is 51.4 Å².